The van der Waals surface area contributed by atoms with Gasteiger partial charge in [0, 0.05) is 11.5 Å². The van der Waals surface area contributed by atoms with Gasteiger partial charge in [0.2, 0.25) is 0 Å². The number of ether oxygens (including phenoxy) is 2. The van der Waals surface area contributed by atoms with E-state index in [4.69, 9.17) is 9.47 Å². The Kier molecular flexibility index (Phi) is 5.13. The van der Waals surface area contributed by atoms with E-state index >= 15 is 0 Å². The third-order valence-electron chi connectivity index (χ3n) is 4.11. The average molecular weight is 419 g/mol. The van der Waals surface area contributed by atoms with E-state index in [-0.39, 0.29) is 12.3 Å². The van der Waals surface area contributed by atoms with Gasteiger partial charge in [-0.3, -0.25) is 0 Å². The summed E-state index contributed by atoms with van der Waals surface area (Å²) >= 11 is 3.52. The summed E-state index contributed by atoms with van der Waals surface area (Å²) in [6.45, 7) is 4.21. The third kappa shape index (κ3) is 3.37. The fraction of sp³-hybridized carbons (Fsp3) is 0.278. The Morgan fingerprint density at radius 1 is 1.12 bits per heavy atom. The van der Waals surface area contributed by atoms with Crippen LogP contribution in [0, 0.1) is 13.8 Å². The van der Waals surface area contributed by atoms with Crippen molar-refractivity contribution in [3.63, 3.8) is 0 Å². The lowest BCUT2D eigenvalue weighted by molar-refractivity contribution is 0.294. The summed E-state index contributed by atoms with van der Waals surface area (Å²) in [6, 6.07) is 9.40. The predicted octanol–water partition coefficient (Wildman–Crippen LogP) is 2.93. The molecule has 1 heterocycles. The second-order valence-corrected chi connectivity index (χ2v) is 6.76. The van der Waals surface area contributed by atoms with Crippen molar-refractivity contribution in [3.8, 4) is 17.2 Å². The van der Waals surface area contributed by atoms with Crippen LogP contribution in [0.15, 0.2) is 39.6 Å². The molecule has 26 heavy (non-hydrogen) atoms. The maximum atomic E-state index is 12.2. The molecule has 0 N–H and O–H groups in total. The average Bonchev–Trinajstić information content (AvgIpc) is 2.95. The minimum absolute atomic E-state index is 0.226. The molecule has 0 spiro atoms. The molecule has 0 aliphatic carbocycles. The van der Waals surface area contributed by atoms with E-state index in [0.29, 0.717) is 11.4 Å². The molecule has 0 aliphatic heterocycles. The first-order valence-corrected chi connectivity index (χ1v) is 8.76. The van der Waals surface area contributed by atoms with Crippen LogP contribution in [0.2, 0.25) is 0 Å². The van der Waals surface area contributed by atoms with Crippen LogP contribution in [-0.4, -0.2) is 26.9 Å². The number of halogens is 1. The zero-order valence-electron chi connectivity index (χ0n) is 15.0. The van der Waals surface area contributed by atoms with Gasteiger partial charge < -0.3 is 9.47 Å². The van der Waals surface area contributed by atoms with Crippen molar-refractivity contribution in [2.75, 3.05) is 7.11 Å². The van der Waals surface area contributed by atoms with E-state index in [1.54, 1.807) is 26.3 Å². The van der Waals surface area contributed by atoms with Gasteiger partial charge in [-0.1, -0.05) is 22.0 Å². The summed E-state index contributed by atoms with van der Waals surface area (Å²) in [5.74, 6) is 1.39. The maximum absolute atomic E-state index is 12.2. The Balaban J connectivity index is 2.01. The first-order valence-electron chi connectivity index (χ1n) is 7.97. The minimum Gasteiger partial charge on any atom is -0.496 e. The molecule has 1 aromatic heterocycles. The number of methoxy groups -OCH3 is 1. The van der Waals surface area contributed by atoms with E-state index in [2.05, 4.69) is 26.4 Å². The summed E-state index contributed by atoms with van der Waals surface area (Å²) in [6.07, 6.45) is 0. The van der Waals surface area contributed by atoms with Crippen molar-refractivity contribution in [1.82, 2.24) is 19.8 Å². The van der Waals surface area contributed by atoms with Gasteiger partial charge in [0.25, 0.3) is 0 Å². The quantitative estimate of drug-likeness (QED) is 0.636. The van der Waals surface area contributed by atoms with E-state index in [1.807, 2.05) is 32.0 Å². The number of rotatable bonds is 5. The van der Waals surface area contributed by atoms with Crippen LogP contribution in [-0.2, 0) is 13.7 Å². The molecule has 2 aromatic carbocycles. The molecule has 0 bridgehead atoms. The van der Waals surface area contributed by atoms with E-state index in [0.717, 1.165) is 26.9 Å². The minimum atomic E-state index is -0.338. The van der Waals surface area contributed by atoms with Crippen molar-refractivity contribution in [1.29, 1.82) is 0 Å². The van der Waals surface area contributed by atoms with Crippen LogP contribution in [0.4, 0.5) is 0 Å². The van der Waals surface area contributed by atoms with Crippen LogP contribution in [0.3, 0.4) is 0 Å². The van der Waals surface area contributed by atoms with Gasteiger partial charge >= 0.3 is 5.69 Å². The van der Waals surface area contributed by atoms with E-state index in [1.165, 1.54) is 9.36 Å². The van der Waals surface area contributed by atoms with Gasteiger partial charge in [-0.2, -0.15) is 9.36 Å². The topological polar surface area (TPSA) is 71.2 Å². The molecule has 0 aliphatic rings. The second-order valence-electron chi connectivity index (χ2n) is 5.91. The van der Waals surface area contributed by atoms with Crippen LogP contribution >= 0.6 is 15.9 Å². The number of hydrogen-bond acceptors (Lipinski definition) is 5. The molecule has 0 saturated heterocycles. The molecule has 136 valence electrons. The fourth-order valence-electron chi connectivity index (χ4n) is 2.61. The molecule has 0 amide bonds. The predicted molar refractivity (Wildman–Crippen MR) is 101 cm³/mol. The van der Waals surface area contributed by atoms with Gasteiger partial charge in [-0.05, 0) is 59.7 Å². The summed E-state index contributed by atoms with van der Waals surface area (Å²) in [5.41, 5.74) is 3.05. The van der Waals surface area contributed by atoms with Gasteiger partial charge in [0.05, 0.1) is 18.4 Å². The zero-order valence-corrected chi connectivity index (χ0v) is 16.6. The Bertz CT molecular complexity index is 1010. The van der Waals surface area contributed by atoms with Gasteiger partial charge in [0.1, 0.15) is 18.1 Å². The molecule has 0 atom stereocenters. The molecule has 3 aromatic rings. The fourth-order valence-corrected chi connectivity index (χ4v) is 3.07. The van der Waals surface area contributed by atoms with Gasteiger partial charge in [-0.25, -0.2) is 4.79 Å². The normalized spacial score (nSPS) is 10.8. The lowest BCUT2D eigenvalue weighted by Gasteiger charge is -2.15. The van der Waals surface area contributed by atoms with Crippen molar-refractivity contribution < 1.29 is 9.47 Å². The Labute approximate surface area is 159 Å². The van der Waals surface area contributed by atoms with Gasteiger partial charge in [0.15, 0.2) is 0 Å². The van der Waals surface area contributed by atoms with Crippen molar-refractivity contribution in [2.24, 2.45) is 7.05 Å². The number of benzene rings is 2. The summed E-state index contributed by atoms with van der Waals surface area (Å²) < 4.78 is 14.9. The maximum Gasteiger partial charge on any atom is 0.368 e. The number of nitrogens with zero attached hydrogens (tertiary/aromatic N) is 4. The highest BCUT2D eigenvalue weighted by Crippen LogP contribution is 2.30. The molecule has 0 unspecified atom stereocenters. The molecule has 0 radical (unpaired) electrons. The highest BCUT2D eigenvalue weighted by Gasteiger charge is 2.16. The summed E-state index contributed by atoms with van der Waals surface area (Å²) in [5, 5.41) is 7.69. The highest BCUT2D eigenvalue weighted by molar-refractivity contribution is 9.10. The van der Waals surface area contributed by atoms with E-state index < -0.39 is 0 Å². The number of tetrazole rings is 1. The Morgan fingerprint density at radius 2 is 1.88 bits per heavy atom. The standard InChI is InChI=1S/C18H19BrN4O3/c1-11-9-17(12(2)8-14(11)19)26-10-13-15(6-5-7-16(13)25-4)23-18(24)22(3)20-21-23/h5-9H,10H2,1-4H3. The monoisotopic (exact) mass is 418 g/mol. The van der Waals surface area contributed by atoms with Crippen LogP contribution < -0.4 is 15.2 Å². The Morgan fingerprint density at radius 3 is 2.54 bits per heavy atom. The van der Waals surface area contributed by atoms with Crippen molar-refractivity contribution in [2.45, 2.75) is 20.5 Å². The molecular weight excluding hydrogens is 400 g/mol. The number of hydrogen-bond donors (Lipinski definition) is 0. The van der Waals surface area contributed by atoms with Crippen molar-refractivity contribution in [3.05, 3.63) is 62.0 Å². The first kappa shape index (κ1) is 18.2. The number of aryl methyl sites for hydroxylation is 3. The lowest BCUT2D eigenvalue weighted by atomic mass is 10.1. The lowest BCUT2D eigenvalue weighted by Crippen LogP contribution is -2.23. The van der Waals surface area contributed by atoms with E-state index in [9.17, 15) is 4.79 Å². The molecule has 0 fully saturated rings. The van der Waals surface area contributed by atoms with Crippen molar-refractivity contribution >= 4 is 15.9 Å². The zero-order chi connectivity index (χ0) is 18.8. The van der Waals surface area contributed by atoms with Crippen LogP contribution in [0.25, 0.3) is 5.69 Å². The molecule has 8 heteroatoms. The van der Waals surface area contributed by atoms with Crippen LogP contribution in [0.5, 0.6) is 11.5 Å². The SMILES string of the molecule is COc1cccc(-n2nnn(C)c2=O)c1COc1cc(C)c(Br)cc1C. The Hall–Kier alpha value is -2.61. The molecule has 3 rings (SSSR count). The smallest absolute Gasteiger partial charge is 0.368 e. The highest BCUT2D eigenvalue weighted by atomic mass is 79.9. The molecule has 7 nitrogen and oxygen atoms in total. The molecular formula is C18H19BrN4O3. The van der Waals surface area contributed by atoms with Gasteiger partial charge in [-0.15, -0.1) is 0 Å². The summed E-state index contributed by atoms with van der Waals surface area (Å²) in [4.78, 5) is 12.2. The summed E-state index contributed by atoms with van der Waals surface area (Å²) in [7, 11) is 3.13. The third-order valence-corrected chi connectivity index (χ3v) is 4.96. The first-order chi connectivity index (χ1) is 12.4. The van der Waals surface area contributed by atoms with Crippen LogP contribution in [0.1, 0.15) is 16.7 Å². The molecule has 0 saturated carbocycles. The largest absolute Gasteiger partial charge is 0.496 e. The second kappa shape index (κ2) is 7.33. The number of aromatic nitrogens is 4.